The van der Waals surface area contributed by atoms with Gasteiger partial charge in [-0.05, 0) is 18.4 Å². The van der Waals surface area contributed by atoms with E-state index in [0.29, 0.717) is 11.8 Å². The summed E-state index contributed by atoms with van der Waals surface area (Å²) in [6.45, 7) is 2.64. The molecule has 1 heterocycles. The van der Waals surface area contributed by atoms with Crippen LogP contribution in [-0.2, 0) is 11.3 Å². The van der Waals surface area contributed by atoms with Crippen LogP contribution in [0.15, 0.2) is 18.3 Å². The van der Waals surface area contributed by atoms with E-state index in [2.05, 4.69) is 5.32 Å². The lowest BCUT2D eigenvalue weighted by Gasteiger charge is -2.11. The van der Waals surface area contributed by atoms with E-state index in [1.807, 2.05) is 13.2 Å². The summed E-state index contributed by atoms with van der Waals surface area (Å²) in [4.78, 5) is 22.4. The van der Waals surface area contributed by atoms with Gasteiger partial charge < -0.3 is 15.0 Å². The molecule has 0 aromatic carbocycles. The van der Waals surface area contributed by atoms with Crippen LogP contribution in [0.3, 0.4) is 0 Å². The van der Waals surface area contributed by atoms with Crippen LogP contribution < -0.4 is 5.32 Å². The number of aromatic carboxylic acids is 1. The first kappa shape index (κ1) is 13.6. The Morgan fingerprint density at radius 3 is 2.88 bits per heavy atom. The number of hydrogen-bond donors (Lipinski definition) is 2. The van der Waals surface area contributed by atoms with Crippen molar-refractivity contribution in [3.05, 3.63) is 24.0 Å². The van der Waals surface area contributed by atoms with Gasteiger partial charge in [0.2, 0.25) is 5.91 Å². The quantitative estimate of drug-likeness (QED) is 0.798. The third-order valence-corrected chi connectivity index (χ3v) is 3.32. The molecule has 1 amide bonds. The summed E-state index contributed by atoms with van der Waals surface area (Å²) in [6.07, 6.45) is 3.56. The van der Waals surface area contributed by atoms with E-state index >= 15 is 0 Å². The molecule has 0 bridgehead atoms. The molecule has 0 fully saturated rings. The zero-order chi connectivity index (χ0) is 12.8. The zero-order valence-corrected chi connectivity index (χ0v) is 10.7. The number of nitrogens with zero attached hydrogens (tertiary/aromatic N) is 1. The Morgan fingerprint density at radius 1 is 1.59 bits per heavy atom. The molecule has 0 radical (unpaired) electrons. The van der Waals surface area contributed by atoms with Crippen LogP contribution in [0.5, 0.6) is 0 Å². The highest BCUT2D eigenvalue weighted by molar-refractivity contribution is 7.99. The summed E-state index contributed by atoms with van der Waals surface area (Å²) in [5, 5.41) is 12.0. The Hall–Kier alpha value is -1.43. The molecule has 6 heteroatoms. The molecule has 1 rings (SSSR count). The van der Waals surface area contributed by atoms with Crippen molar-refractivity contribution >= 4 is 23.6 Å². The lowest BCUT2D eigenvalue weighted by molar-refractivity contribution is -0.121. The molecule has 0 aliphatic rings. The first-order valence-corrected chi connectivity index (χ1v) is 6.51. The van der Waals surface area contributed by atoms with Gasteiger partial charge in [-0.1, -0.05) is 6.92 Å². The second-order valence-electron chi connectivity index (χ2n) is 3.68. The van der Waals surface area contributed by atoms with Gasteiger partial charge in [-0.2, -0.15) is 11.8 Å². The Balaban J connectivity index is 2.51. The second-order valence-corrected chi connectivity index (χ2v) is 4.95. The fourth-order valence-electron chi connectivity index (χ4n) is 1.30. The van der Waals surface area contributed by atoms with Gasteiger partial charge in [-0.25, -0.2) is 4.79 Å². The van der Waals surface area contributed by atoms with Gasteiger partial charge in [0.1, 0.15) is 12.2 Å². The summed E-state index contributed by atoms with van der Waals surface area (Å²) in [6, 6.07) is 3.08. The van der Waals surface area contributed by atoms with Crippen molar-refractivity contribution in [2.75, 3.05) is 12.8 Å². The van der Waals surface area contributed by atoms with Crippen molar-refractivity contribution in [1.82, 2.24) is 9.88 Å². The van der Waals surface area contributed by atoms with Gasteiger partial charge in [0, 0.05) is 18.0 Å². The van der Waals surface area contributed by atoms with Crippen molar-refractivity contribution in [3.8, 4) is 0 Å². The van der Waals surface area contributed by atoms with Crippen LogP contribution in [0.4, 0.5) is 0 Å². The fourth-order valence-corrected chi connectivity index (χ4v) is 1.55. The number of thioether (sulfide) groups is 1. The number of carbonyl (C=O) groups excluding carboxylic acids is 1. The van der Waals surface area contributed by atoms with E-state index in [4.69, 9.17) is 5.11 Å². The lowest BCUT2D eigenvalue weighted by Crippen LogP contribution is -2.32. The molecule has 0 saturated carbocycles. The standard InChI is InChI=1S/C11H16N2O3S/c1-8(17-2)6-12-10(14)7-13-5-3-4-9(13)11(15)16/h3-5,8H,6-7H2,1-2H3,(H,12,14)(H,15,16). The first-order valence-electron chi connectivity index (χ1n) is 5.22. The number of amides is 1. The van der Waals surface area contributed by atoms with Crippen LogP contribution in [0.25, 0.3) is 0 Å². The van der Waals surface area contributed by atoms with Crippen LogP contribution in [0.2, 0.25) is 0 Å². The van der Waals surface area contributed by atoms with Gasteiger partial charge in [0.15, 0.2) is 0 Å². The van der Waals surface area contributed by atoms with Crippen LogP contribution in [0.1, 0.15) is 17.4 Å². The Labute approximate surface area is 104 Å². The van der Waals surface area contributed by atoms with E-state index in [9.17, 15) is 9.59 Å². The maximum atomic E-state index is 11.6. The number of hydrogen-bond acceptors (Lipinski definition) is 3. The lowest BCUT2D eigenvalue weighted by atomic mass is 10.4. The Bertz CT molecular complexity index is 403. The second kappa shape index (κ2) is 6.34. The molecular formula is C11H16N2O3S. The topological polar surface area (TPSA) is 71.3 Å². The molecule has 1 aromatic heterocycles. The fraction of sp³-hybridized carbons (Fsp3) is 0.455. The van der Waals surface area contributed by atoms with Crippen LogP contribution in [0, 0.1) is 0 Å². The summed E-state index contributed by atoms with van der Waals surface area (Å²) in [5.41, 5.74) is 0.123. The van der Waals surface area contributed by atoms with Gasteiger partial charge in [-0.15, -0.1) is 0 Å². The minimum atomic E-state index is -1.03. The summed E-state index contributed by atoms with van der Waals surface area (Å²) >= 11 is 1.67. The van der Waals surface area contributed by atoms with Crippen molar-refractivity contribution in [2.45, 2.75) is 18.7 Å². The largest absolute Gasteiger partial charge is 0.477 e. The third kappa shape index (κ3) is 4.14. The predicted octanol–water partition coefficient (Wildman–Crippen LogP) is 1.05. The first-order chi connectivity index (χ1) is 8.04. The monoisotopic (exact) mass is 256 g/mol. The number of carboxylic acid groups (broad SMARTS) is 1. The average Bonchev–Trinajstić information content (AvgIpc) is 2.74. The predicted molar refractivity (Wildman–Crippen MR) is 67.4 cm³/mol. The van der Waals surface area contributed by atoms with Gasteiger partial charge in [0.25, 0.3) is 0 Å². The van der Waals surface area contributed by atoms with Crippen molar-refractivity contribution in [2.24, 2.45) is 0 Å². The molecule has 0 spiro atoms. The van der Waals surface area contributed by atoms with Crippen molar-refractivity contribution < 1.29 is 14.7 Å². The van der Waals surface area contributed by atoms with Crippen LogP contribution in [-0.4, -0.2) is 39.6 Å². The number of aromatic nitrogens is 1. The number of carbonyl (C=O) groups is 2. The highest BCUT2D eigenvalue weighted by Gasteiger charge is 2.11. The summed E-state index contributed by atoms with van der Waals surface area (Å²) in [7, 11) is 0. The Kier molecular flexibility index (Phi) is 5.09. The molecule has 94 valence electrons. The SMILES string of the molecule is CSC(C)CNC(=O)Cn1cccc1C(=O)O. The maximum absolute atomic E-state index is 11.6. The molecule has 0 saturated heterocycles. The van der Waals surface area contributed by atoms with E-state index in [-0.39, 0.29) is 18.1 Å². The van der Waals surface area contributed by atoms with E-state index in [0.717, 1.165) is 0 Å². The molecule has 1 aromatic rings. The average molecular weight is 256 g/mol. The molecule has 0 aliphatic carbocycles. The van der Waals surface area contributed by atoms with Crippen molar-refractivity contribution in [3.63, 3.8) is 0 Å². The van der Waals surface area contributed by atoms with Gasteiger partial charge in [0.05, 0.1) is 0 Å². The highest BCUT2D eigenvalue weighted by Crippen LogP contribution is 2.04. The summed E-state index contributed by atoms with van der Waals surface area (Å²) < 4.78 is 1.42. The minimum Gasteiger partial charge on any atom is -0.477 e. The molecule has 2 N–H and O–H groups in total. The van der Waals surface area contributed by atoms with Crippen LogP contribution >= 0.6 is 11.8 Å². The molecule has 1 atom stereocenters. The number of carboxylic acids is 1. The smallest absolute Gasteiger partial charge is 0.352 e. The molecular weight excluding hydrogens is 240 g/mol. The van der Waals surface area contributed by atoms with Gasteiger partial charge >= 0.3 is 5.97 Å². The molecule has 1 unspecified atom stereocenters. The minimum absolute atomic E-state index is 0.0374. The zero-order valence-electron chi connectivity index (χ0n) is 9.84. The highest BCUT2D eigenvalue weighted by atomic mass is 32.2. The Morgan fingerprint density at radius 2 is 2.29 bits per heavy atom. The third-order valence-electron chi connectivity index (χ3n) is 2.35. The van der Waals surface area contributed by atoms with E-state index in [1.54, 1.807) is 24.0 Å². The molecule has 0 aliphatic heterocycles. The number of nitrogens with one attached hydrogen (secondary N) is 1. The van der Waals surface area contributed by atoms with Gasteiger partial charge in [-0.3, -0.25) is 4.79 Å². The number of rotatable bonds is 6. The van der Waals surface area contributed by atoms with E-state index < -0.39 is 5.97 Å². The maximum Gasteiger partial charge on any atom is 0.352 e. The normalized spacial score (nSPS) is 12.1. The molecule has 5 nitrogen and oxygen atoms in total. The summed E-state index contributed by atoms with van der Waals surface area (Å²) in [5.74, 6) is -1.20. The van der Waals surface area contributed by atoms with Crippen molar-refractivity contribution in [1.29, 1.82) is 0 Å². The van der Waals surface area contributed by atoms with E-state index in [1.165, 1.54) is 10.6 Å². The molecule has 17 heavy (non-hydrogen) atoms.